The third-order valence-corrected chi connectivity index (χ3v) is 4.95. The molecular formula is C19H16N2O3. The predicted molar refractivity (Wildman–Crippen MR) is 87.5 cm³/mol. The zero-order chi connectivity index (χ0) is 16.7. The number of azo groups is 1. The number of fused-ring (bicyclic) bond motifs is 1. The Balaban J connectivity index is 1.82. The van der Waals surface area contributed by atoms with E-state index in [4.69, 9.17) is 4.74 Å². The Morgan fingerprint density at radius 2 is 1.92 bits per heavy atom. The van der Waals surface area contributed by atoms with Crippen molar-refractivity contribution >= 4 is 11.8 Å². The maximum absolute atomic E-state index is 13.1. The van der Waals surface area contributed by atoms with E-state index in [1.54, 1.807) is 12.1 Å². The van der Waals surface area contributed by atoms with Crippen molar-refractivity contribution in [3.05, 3.63) is 70.8 Å². The second-order valence-corrected chi connectivity index (χ2v) is 6.14. The number of methoxy groups -OCH3 is 1. The maximum Gasteiger partial charge on any atom is 0.338 e. The third kappa shape index (κ3) is 1.94. The number of Topliss-reactive ketones (excluding diaryl/α,β-unsaturated/α-hetero) is 1. The van der Waals surface area contributed by atoms with Gasteiger partial charge in [0.15, 0.2) is 11.3 Å². The number of rotatable bonds is 2. The highest BCUT2D eigenvalue weighted by atomic mass is 16.5. The van der Waals surface area contributed by atoms with Gasteiger partial charge in [-0.1, -0.05) is 42.5 Å². The number of esters is 1. The number of hydrogen-bond acceptors (Lipinski definition) is 5. The van der Waals surface area contributed by atoms with Crippen LogP contribution in [0.2, 0.25) is 0 Å². The summed E-state index contributed by atoms with van der Waals surface area (Å²) in [5, 5.41) is 8.56. The van der Waals surface area contributed by atoms with Gasteiger partial charge in [-0.25, -0.2) is 4.79 Å². The van der Waals surface area contributed by atoms with Crippen molar-refractivity contribution in [1.29, 1.82) is 0 Å². The van der Waals surface area contributed by atoms with E-state index in [2.05, 4.69) is 10.2 Å². The van der Waals surface area contributed by atoms with Crippen molar-refractivity contribution in [2.45, 2.75) is 17.9 Å². The first-order valence-corrected chi connectivity index (χ1v) is 7.86. The van der Waals surface area contributed by atoms with Gasteiger partial charge in [-0.2, -0.15) is 10.2 Å². The monoisotopic (exact) mass is 320 g/mol. The van der Waals surface area contributed by atoms with E-state index in [1.807, 2.05) is 36.4 Å². The summed E-state index contributed by atoms with van der Waals surface area (Å²) in [6, 6.07) is 14.8. The molecule has 2 aromatic rings. The molecule has 1 aliphatic heterocycles. The van der Waals surface area contributed by atoms with Gasteiger partial charge in [0, 0.05) is 17.9 Å². The van der Waals surface area contributed by atoms with Crippen LogP contribution in [0.15, 0.2) is 58.8 Å². The topological polar surface area (TPSA) is 68.1 Å². The van der Waals surface area contributed by atoms with Crippen LogP contribution in [-0.4, -0.2) is 30.9 Å². The van der Waals surface area contributed by atoms with Gasteiger partial charge < -0.3 is 4.74 Å². The van der Waals surface area contributed by atoms with E-state index >= 15 is 0 Å². The molecule has 0 saturated carbocycles. The zero-order valence-electron chi connectivity index (χ0n) is 13.2. The minimum Gasteiger partial charge on any atom is -0.465 e. The minimum absolute atomic E-state index is 0.0102. The lowest BCUT2D eigenvalue weighted by Crippen LogP contribution is -2.39. The Bertz CT molecular complexity index is 874. The Kier molecular flexibility index (Phi) is 3.30. The standard InChI is InChI=1S/C19H16N2O3/c1-24-18(23)15-9-5-4-8-14(15)16-11-20-21-19(16)10-12-6-2-3-7-13(12)17(19)22/h2-9,16H,10-11H2,1H3/t16-,19-/m0/s1. The third-order valence-electron chi connectivity index (χ3n) is 4.95. The highest BCUT2D eigenvalue weighted by Gasteiger charge is 2.55. The molecule has 0 saturated heterocycles. The van der Waals surface area contributed by atoms with Crippen LogP contribution in [0.4, 0.5) is 0 Å². The van der Waals surface area contributed by atoms with Crippen LogP contribution in [0.1, 0.15) is 37.8 Å². The number of carbonyl (C=O) groups excluding carboxylic acids is 2. The molecule has 2 atom stereocenters. The summed E-state index contributed by atoms with van der Waals surface area (Å²) < 4.78 is 4.89. The Hall–Kier alpha value is -2.82. The number of benzene rings is 2. The summed E-state index contributed by atoms with van der Waals surface area (Å²) >= 11 is 0. The molecule has 120 valence electrons. The van der Waals surface area contributed by atoms with Gasteiger partial charge in [0.2, 0.25) is 0 Å². The van der Waals surface area contributed by atoms with Crippen LogP contribution in [0, 0.1) is 0 Å². The molecule has 0 bridgehead atoms. The minimum atomic E-state index is -0.937. The molecule has 0 aromatic heterocycles. The van der Waals surface area contributed by atoms with Crippen molar-refractivity contribution in [3.63, 3.8) is 0 Å². The largest absolute Gasteiger partial charge is 0.465 e. The molecule has 2 aliphatic rings. The van der Waals surface area contributed by atoms with Crippen LogP contribution in [0.3, 0.4) is 0 Å². The Morgan fingerprint density at radius 1 is 1.17 bits per heavy atom. The molecule has 1 aliphatic carbocycles. The van der Waals surface area contributed by atoms with Crippen molar-refractivity contribution in [3.8, 4) is 0 Å². The van der Waals surface area contributed by atoms with Crippen LogP contribution < -0.4 is 0 Å². The van der Waals surface area contributed by atoms with Crippen LogP contribution in [-0.2, 0) is 11.2 Å². The molecule has 0 amide bonds. The van der Waals surface area contributed by atoms with Gasteiger partial charge in [-0.3, -0.25) is 4.79 Å². The molecule has 1 spiro atoms. The van der Waals surface area contributed by atoms with Crippen molar-refractivity contribution in [2.24, 2.45) is 10.2 Å². The molecule has 0 unspecified atom stereocenters. The van der Waals surface area contributed by atoms with Gasteiger partial charge in [-0.05, 0) is 17.2 Å². The van der Waals surface area contributed by atoms with Gasteiger partial charge in [0.05, 0.1) is 19.2 Å². The molecule has 2 aromatic carbocycles. The Labute approximate surface area is 139 Å². The zero-order valence-corrected chi connectivity index (χ0v) is 13.2. The summed E-state index contributed by atoms with van der Waals surface area (Å²) in [6.07, 6.45) is 0.520. The Morgan fingerprint density at radius 3 is 2.71 bits per heavy atom. The van der Waals surface area contributed by atoms with E-state index in [1.165, 1.54) is 7.11 Å². The average molecular weight is 320 g/mol. The lowest BCUT2D eigenvalue weighted by atomic mass is 9.76. The molecule has 0 radical (unpaired) electrons. The van der Waals surface area contributed by atoms with Crippen LogP contribution in [0.5, 0.6) is 0 Å². The van der Waals surface area contributed by atoms with Gasteiger partial charge >= 0.3 is 5.97 Å². The summed E-state index contributed by atoms with van der Waals surface area (Å²) in [5.74, 6) is -0.674. The first-order chi connectivity index (χ1) is 11.7. The molecule has 0 N–H and O–H groups in total. The van der Waals surface area contributed by atoms with E-state index < -0.39 is 11.5 Å². The maximum atomic E-state index is 13.1. The highest BCUT2D eigenvalue weighted by Crippen LogP contribution is 2.47. The molecule has 24 heavy (non-hydrogen) atoms. The molecule has 0 fully saturated rings. The number of ether oxygens (including phenoxy) is 1. The second-order valence-electron chi connectivity index (χ2n) is 6.14. The number of carbonyl (C=O) groups is 2. The first kappa shape index (κ1) is 14.8. The van der Waals surface area contributed by atoms with Gasteiger partial charge in [0.25, 0.3) is 0 Å². The normalized spacial score (nSPS) is 24.4. The lowest BCUT2D eigenvalue weighted by molar-refractivity contribution is 0.0597. The summed E-state index contributed by atoms with van der Waals surface area (Å²) in [5.41, 5.74) is 2.01. The molecule has 4 rings (SSSR count). The molecule has 5 nitrogen and oxygen atoms in total. The number of hydrogen-bond donors (Lipinski definition) is 0. The van der Waals surface area contributed by atoms with Crippen molar-refractivity contribution in [1.82, 2.24) is 0 Å². The van der Waals surface area contributed by atoms with E-state index in [0.717, 1.165) is 11.1 Å². The smallest absolute Gasteiger partial charge is 0.338 e. The van der Waals surface area contributed by atoms with E-state index in [-0.39, 0.29) is 11.7 Å². The number of ketones is 1. The highest BCUT2D eigenvalue weighted by molar-refractivity contribution is 6.09. The second kappa shape index (κ2) is 5.37. The molecule has 1 heterocycles. The fourth-order valence-electron chi connectivity index (χ4n) is 3.78. The number of nitrogens with zero attached hydrogens (tertiary/aromatic N) is 2. The SMILES string of the molecule is COC(=O)c1ccccc1[C@@H]1CN=N[C@@]12Cc1ccccc1C2=O. The fraction of sp³-hybridized carbons (Fsp3) is 0.263. The fourth-order valence-corrected chi connectivity index (χ4v) is 3.78. The lowest BCUT2D eigenvalue weighted by Gasteiger charge is -2.26. The quantitative estimate of drug-likeness (QED) is 0.798. The van der Waals surface area contributed by atoms with Gasteiger partial charge in [-0.15, -0.1) is 0 Å². The summed E-state index contributed by atoms with van der Waals surface area (Å²) in [6.45, 7) is 0.397. The van der Waals surface area contributed by atoms with Gasteiger partial charge in [0.1, 0.15) is 0 Å². The van der Waals surface area contributed by atoms with Crippen molar-refractivity contribution in [2.75, 3.05) is 13.7 Å². The van der Waals surface area contributed by atoms with Crippen molar-refractivity contribution < 1.29 is 14.3 Å². The average Bonchev–Trinajstić information content (AvgIpc) is 3.17. The van der Waals surface area contributed by atoms with E-state index in [0.29, 0.717) is 24.1 Å². The summed E-state index contributed by atoms with van der Waals surface area (Å²) in [7, 11) is 1.36. The molecule has 5 heteroatoms. The summed E-state index contributed by atoms with van der Waals surface area (Å²) in [4.78, 5) is 25.2. The molecular weight excluding hydrogens is 304 g/mol. The van der Waals surface area contributed by atoms with Crippen LogP contribution in [0.25, 0.3) is 0 Å². The predicted octanol–water partition coefficient (Wildman–Crippen LogP) is 3.20. The van der Waals surface area contributed by atoms with Crippen LogP contribution >= 0.6 is 0 Å². The van der Waals surface area contributed by atoms with E-state index in [9.17, 15) is 9.59 Å². The first-order valence-electron chi connectivity index (χ1n) is 7.86.